The number of hydrogen-bond acceptors (Lipinski definition) is 2. The van der Waals surface area contributed by atoms with Crippen LogP contribution in [-0.2, 0) is 7.05 Å². The van der Waals surface area contributed by atoms with Gasteiger partial charge in [-0.15, -0.1) is 0 Å². The minimum atomic E-state index is 0.577. The summed E-state index contributed by atoms with van der Waals surface area (Å²) in [5.41, 5.74) is 11.8. The second kappa shape index (κ2) is 10.6. The largest absolute Gasteiger partial charge is 0.454 e. The third kappa shape index (κ3) is 4.39. The monoisotopic (exact) mass is 547 g/mol. The van der Waals surface area contributed by atoms with E-state index in [-0.39, 0.29) is 0 Å². The van der Waals surface area contributed by atoms with Gasteiger partial charge in [0.15, 0.2) is 6.20 Å². The standard InChI is InChI=1S/C39H35N2O/c1-25-12-19-33-34-21-18-31(24-40)37(39(34)42-38(33)36(25)35-11-7-8-22-41(35)3)30-17-20-32(26(2)23-30)29-15-13-28(14-16-29)27-9-5-4-6-10-27/h4-12,17-23,28-29H,13-16H2,1-3H3/q+1. The number of fused-ring (bicyclic) bond motifs is 3. The molecule has 6 aromatic rings. The maximum atomic E-state index is 10.2. The Morgan fingerprint density at radius 1 is 0.714 bits per heavy atom. The Labute approximate surface area is 247 Å². The number of hydrogen-bond donors (Lipinski definition) is 0. The number of aryl methyl sites for hydroxylation is 3. The van der Waals surface area contributed by atoms with Crippen molar-refractivity contribution in [3.63, 3.8) is 0 Å². The molecule has 4 aromatic carbocycles. The molecule has 0 amide bonds. The zero-order chi connectivity index (χ0) is 28.8. The van der Waals surface area contributed by atoms with Crippen molar-refractivity contribution < 1.29 is 8.98 Å². The summed E-state index contributed by atoms with van der Waals surface area (Å²) in [5.74, 6) is 1.24. The first kappa shape index (κ1) is 26.2. The fourth-order valence-electron chi connectivity index (χ4n) is 7.24. The van der Waals surface area contributed by atoms with E-state index in [0.717, 1.165) is 49.9 Å². The lowest BCUT2D eigenvalue weighted by Gasteiger charge is -2.30. The highest BCUT2D eigenvalue weighted by atomic mass is 16.3. The second-order valence-corrected chi connectivity index (χ2v) is 11.9. The van der Waals surface area contributed by atoms with E-state index in [2.05, 4.69) is 111 Å². The van der Waals surface area contributed by atoms with E-state index < -0.39 is 0 Å². The molecule has 0 radical (unpaired) electrons. The predicted molar refractivity (Wildman–Crippen MR) is 170 cm³/mol. The van der Waals surface area contributed by atoms with Gasteiger partial charge in [-0.2, -0.15) is 5.26 Å². The molecule has 206 valence electrons. The summed E-state index contributed by atoms with van der Waals surface area (Å²) in [4.78, 5) is 0. The van der Waals surface area contributed by atoms with Gasteiger partial charge in [-0.05, 0) is 97.4 Å². The van der Waals surface area contributed by atoms with Crippen molar-refractivity contribution in [3.05, 3.63) is 125 Å². The summed E-state index contributed by atoms with van der Waals surface area (Å²) in [6.07, 6.45) is 6.94. The molecule has 2 aromatic heterocycles. The molecule has 1 aliphatic rings. The van der Waals surface area contributed by atoms with E-state index in [1.165, 1.54) is 42.4 Å². The molecule has 7 rings (SSSR count). The Balaban J connectivity index is 1.30. The molecule has 0 unspecified atom stereocenters. The highest BCUT2D eigenvalue weighted by molar-refractivity contribution is 6.14. The van der Waals surface area contributed by atoms with Crippen LogP contribution in [0, 0.1) is 25.2 Å². The van der Waals surface area contributed by atoms with Crippen LogP contribution in [0.1, 0.15) is 65.3 Å². The molecule has 0 bridgehead atoms. The number of rotatable bonds is 4. The molecule has 1 fully saturated rings. The third-order valence-corrected chi connectivity index (χ3v) is 9.45. The first-order valence-electron chi connectivity index (χ1n) is 15.0. The Morgan fingerprint density at radius 2 is 1.40 bits per heavy atom. The molecule has 3 heteroatoms. The van der Waals surface area contributed by atoms with Crippen LogP contribution in [-0.4, -0.2) is 0 Å². The van der Waals surface area contributed by atoms with Gasteiger partial charge in [-0.25, -0.2) is 4.57 Å². The van der Waals surface area contributed by atoms with Crippen LogP contribution in [0.2, 0.25) is 0 Å². The summed E-state index contributed by atoms with van der Waals surface area (Å²) >= 11 is 0. The van der Waals surface area contributed by atoms with Crippen LogP contribution in [0.4, 0.5) is 0 Å². The van der Waals surface area contributed by atoms with Gasteiger partial charge < -0.3 is 4.42 Å². The van der Waals surface area contributed by atoms with Crippen LogP contribution in [0.5, 0.6) is 0 Å². The van der Waals surface area contributed by atoms with E-state index in [4.69, 9.17) is 4.42 Å². The third-order valence-electron chi connectivity index (χ3n) is 9.45. The van der Waals surface area contributed by atoms with E-state index in [9.17, 15) is 5.26 Å². The predicted octanol–water partition coefficient (Wildman–Crippen LogP) is 9.67. The Bertz CT molecular complexity index is 1990. The van der Waals surface area contributed by atoms with Gasteiger partial charge in [0.1, 0.15) is 18.2 Å². The van der Waals surface area contributed by atoms with Gasteiger partial charge in [0.2, 0.25) is 5.69 Å². The normalized spacial score (nSPS) is 17.0. The molecule has 0 saturated heterocycles. The summed E-state index contributed by atoms with van der Waals surface area (Å²) in [7, 11) is 2.06. The Hall–Kier alpha value is -4.68. The molecule has 1 saturated carbocycles. The first-order chi connectivity index (χ1) is 20.5. The van der Waals surface area contributed by atoms with Crippen molar-refractivity contribution in [2.45, 2.75) is 51.4 Å². The highest BCUT2D eigenvalue weighted by Crippen LogP contribution is 2.44. The van der Waals surface area contributed by atoms with E-state index >= 15 is 0 Å². The van der Waals surface area contributed by atoms with Crippen molar-refractivity contribution >= 4 is 21.9 Å². The van der Waals surface area contributed by atoms with Crippen molar-refractivity contribution in [3.8, 4) is 28.5 Å². The number of nitriles is 1. The maximum Gasteiger partial charge on any atom is 0.216 e. The SMILES string of the molecule is Cc1cc(-c2c(C#N)ccc3c2oc2c(-c4cccc[n+]4C)c(C)ccc23)ccc1C1CCC(c2ccccc2)CC1. The van der Waals surface area contributed by atoms with E-state index in [0.29, 0.717) is 17.4 Å². The fourth-order valence-corrected chi connectivity index (χ4v) is 7.24. The lowest BCUT2D eigenvalue weighted by molar-refractivity contribution is -0.660. The van der Waals surface area contributed by atoms with Crippen LogP contribution >= 0.6 is 0 Å². The average molecular weight is 548 g/mol. The van der Waals surface area contributed by atoms with E-state index in [1.54, 1.807) is 0 Å². The second-order valence-electron chi connectivity index (χ2n) is 11.9. The number of nitrogens with zero attached hydrogens (tertiary/aromatic N) is 2. The first-order valence-corrected chi connectivity index (χ1v) is 15.0. The smallest absolute Gasteiger partial charge is 0.216 e. The summed E-state index contributed by atoms with van der Waals surface area (Å²) in [5, 5.41) is 12.3. The fraction of sp³-hybridized carbons (Fsp3) is 0.231. The zero-order valence-corrected chi connectivity index (χ0v) is 24.5. The summed E-state index contributed by atoms with van der Waals surface area (Å²) in [6, 6.07) is 34.8. The minimum Gasteiger partial charge on any atom is -0.454 e. The molecule has 42 heavy (non-hydrogen) atoms. The number of furan rings is 1. The van der Waals surface area contributed by atoms with Gasteiger partial charge in [-0.1, -0.05) is 60.7 Å². The van der Waals surface area contributed by atoms with E-state index in [1.807, 2.05) is 18.2 Å². The molecular formula is C39H35N2O+. The van der Waals surface area contributed by atoms with Crippen molar-refractivity contribution in [1.29, 1.82) is 5.26 Å². The molecule has 0 spiro atoms. The number of pyridine rings is 1. The lowest BCUT2D eigenvalue weighted by atomic mass is 9.75. The van der Waals surface area contributed by atoms with Crippen LogP contribution < -0.4 is 4.57 Å². The minimum absolute atomic E-state index is 0.577. The van der Waals surface area contributed by atoms with Gasteiger partial charge in [0.05, 0.1) is 17.2 Å². The maximum absolute atomic E-state index is 10.2. The van der Waals surface area contributed by atoms with Gasteiger partial charge >= 0.3 is 0 Å². The Morgan fingerprint density at radius 3 is 2.12 bits per heavy atom. The number of benzene rings is 4. The molecule has 0 atom stereocenters. The van der Waals surface area contributed by atoms with Crippen molar-refractivity contribution in [2.75, 3.05) is 0 Å². The van der Waals surface area contributed by atoms with Gasteiger partial charge in [0, 0.05) is 28.5 Å². The van der Waals surface area contributed by atoms with Crippen LogP contribution in [0.15, 0.2) is 102 Å². The lowest BCUT2D eigenvalue weighted by Crippen LogP contribution is -2.30. The van der Waals surface area contributed by atoms with Crippen molar-refractivity contribution in [2.24, 2.45) is 7.05 Å². The molecule has 3 nitrogen and oxygen atoms in total. The highest BCUT2D eigenvalue weighted by Gasteiger charge is 2.26. The van der Waals surface area contributed by atoms with Crippen molar-refractivity contribution in [1.82, 2.24) is 0 Å². The molecule has 0 aliphatic heterocycles. The Kier molecular flexibility index (Phi) is 6.63. The van der Waals surface area contributed by atoms with Gasteiger partial charge in [0.25, 0.3) is 0 Å². The quantitative estimate of drug-likeness (QED) is 0.206. The molecule has 2 heterocycles. The topological polar surface area (TPSA) is 40.8 Å². The molecular weight excluding hydrogens is 512 g/mol. The average Bonchev–Trinajstić information content (AvgIpc) is 3.40. The summed E-state index contributed by atoms with van der Waals surface area (Å²) in [6.45, 7) is 4.36. The number of aromatic nitrogens is 1. The molecule has 0 N–H and O–H groups in total. The zero-order valence-electron chi connectivity index (χ0n) is 24.5. The van der Waals surface area contributed by atoms with Gasteiger partial charge in [-0.3, -0.25) is 0 Å². The van der Waals surface area contributed by atoms with Crippen LogP contribution in [0.3, 0.4) is 0 Å². The molecule has 1 aliphatic carbocycles. The van der Waals surface area contributed by atoms with Crippen LogP contribution in [0.25, 0.3) is 44.3 Å². The summed E-state index contributed by atoms with van der Waals surface area (Å²) < 4.78 is 8.91.